The average molecular weight is 391 g/mol. The smallest absolute Gasteiger partial charge is 0.422 e. The van der Waals surface area contributed by atoms with Gasteiger partial charge < -0.3 is 10.1 Å². The first-order chi connectivity index (χ1) is 13.4. The molecule has 1 amide bonds. The number of hydrogen-bond acceptors (Lipinski definition) is 5. The van der Waals surface area contributed by atoms with Crippen LogP contribution in [0.25, 0.3) is 10.9 Å². The molecule has 0 unspecified atom stereocenters. The van der Waals surface area contributed by atoms with Crippen LogP contribution in [0.1, 0.15) is 24.1 Å². The van der Waals surface area contributed by atoms with Crippen LogP contribution in [0.3, 0.4) is 0 Å². The number of nitrogens with zero attached hydrogens (tertiary/aromatic N) is 4. The highest BCUT2D eigenvalue weighted by Gasteiger charge is 2.46. The van der Waals surface area contributed by atoms with E-state index in [0.29, 0.717) is 13.0 Å². The standard InChI is InChI=1S/C18H16F3N5O2/c19-18(20,21)10-28-15-2-1-12(7-23-15)8-26-9-13-14(25-26)3-6-22-16(13)17(4-5-17)24-11-27/h1-3,6-7,9,11H,4-5,8,10H2,(H,24,27). The fraction of sp³-hybridized carbons (Fsp3) is 0.333. The maximum absolute atomic E-state index is 12.2. The van der Waals surface area contributed by atoms with Crippen LogP contribution >= 0.6 is 0 Å². The Hall–Kier alpha value is -3.17. The number of nitrogens with one attached hydrogen (secondary N) is 1. The van der Waals surface area contributed by atoms with Crippen molar-refractivity contribution in [2.24, 2.45) is 0 Å². The normalized spacial score (nSPS) is 15.4. The van der Waals surface area contributed by atoms with Gasteiger partial charge >= 0.3 is 6.18 Å². The van der Waals surface area contributed by atoms with Crippen molar-refractivity contribution in [3.63, 3.8) is 0 Å². The first-order valence-electron chi connectivity index (χ1n) is 8.57. The molecule has 0 aromatic carbocycles. The highest BCUT2D eigenvalue weighted by molar-refractivity contribution is 5.82. The summed E-state index contributed by atoms with van der Waals surface area (Å²) in [4.78, 5) is 19.2. The predicted molar refractivity (Wildman–Crippen MR) is 92.5 cm³/mol. The fourth-order valence-corrected chi connectivity index (χ4v) is 3.08. The lowest BCUT2D eigenvalue weighted by atomic mass is 10.1. The first-order valence-corrected chi connectivity index (χ1v) is 8.57. The molecule has 3 aromatic heterocycles. The molecule has 3 heterocycles. The van der Waals surface area contributed by atoms with Crippen molar-refractivity contribution in [2.75, 3.05) is 6.61 Å². The Kier molecular flexibility index (Phi) is 4.40. The number of rotatable bonds is 7. The summed E-state index contributed by atoms with van der Waals surface area (Å²) in [5.41, 5.74) is 1.88. The van der Waals surface area contributed by atoms with Crippen molar-refractivity contribution >= 4 is 17.3 Å². The van der Waals surface area contributed by atoms with Crippen LogP contribution in [0.2, 0.25) is 0 Å². The highest BCUT2D eigenvalue weighted by Crippen LogP contribution is 2.46. The number of ether oxygens (including phenoxy) is 1. The van der Waals surface area contributed by atoms with Crippen LogP contribution < -0.4 is 10.1 Å². The van der Waals surface area contributed by atoms with E-state index in [2.05, 4.69) is 25.1 Å². The summed E-state index contributed by atoms with van der Waals surface area (Å²) in [6.45, 7) is -0.995. The number of carbonyl (C=O) groups excluding carboxylic acids is 1. The zero-order valence-corrected chi connectivity index (χ0v) is 14.6. The van der Waals surface area contributed by atoms with Gasteiger partial charge in [-0.3, -0.25) is 14.5 Å². The molecule has 146 valence electrons. The Morgan fingerprint density at radius 1 is 1.25 bits per heavy atom. The van der Waals surface area contributed by atoms with Crippen molar-refractivity contribution in [3.05, 3.63) is 48.0 Å². The number of carbonyl (C=O) groups is 1. The molecule has 1 aliphatic rings. The Labute approximate surface area is 157 Å². The minimum absolute atomic E-state index is 0.0891. The van der Waals surface area contributed by atoms with Crippen molar-refractivity contribution in [2.45, 2.75) is 31.1 Å². The molecule has 1 fully saturated rings. The average Bonchev–Trinajstić information content (AvgIpc) is 3.31. The number of hydrogen-bond donors (Lipinski definition) is 1. The van der Waals surface area contributed by atoms with Crippen LogP contribution in [-0.2, 0) is 16.9 Å². The quantitative estimate of drug-likeness (QED) is 0.626. The fourth-order valence-electron chi connectivity index (χ4n) is 3.08. The van der Waals surface area contributed by atoms with Gasteiger partial charge in [0.2, 0.25) is 12.3 Å². The number of alkyl halides is 3. The molecule has 1 aliphatic carbocycles. The largest absolute Gasteiger partial charge is 0.468 e. The van der Waals surface area contributed by atoms with Gasteiger partial charge in [-0.15, -0.1) is 0 Å². The SMILES string of the molecule is O=CNC1(c2nccc3nn(Cc4ccc(OCC(F)(F)F)nc4)cc23)CC1. The molecule has 28 heavy (non-hydrogen) atoms. The number of amides is 1. The Morgan fingerprint density at radius 2 is 2.07 bits per heavy atom. The van der Waals surface area contributed by atoms with Crippen molar-refractivity contribution in [1.82, 2.24) is 25.1 Å². The maximum atomic E-state index is 12.2. The van der Waals surface area contributed by atoms with Gasteiger partial charge in [0.1, 0.15) is 0 Å². The van der Waals surface area contributed by atoms with E-state index in [-0.39, 0.29) is 5.88 Å². The third kappa shape index (κ3) is 3.75. The number of fused-ring (bicyclic) bond motifs is 1. The van der Waals surface area contributed by atoms with Crippen molar-refractivity contribution < 1.29 is 22.7 Å². The summed E-state index contributed by atoms with van der Waals surface area (Å²) >= 11 is 0. The van der Waals surface area contributed by atoms with Crippen LogP contribution in [0.5, 0.6) is 5.88 Å². The molecule has 3 aromatic rings. The van der Waals surface area contributed by atoms with E-state index in [0.717, 1.165) is 35.0 Å². The van der Waals surface area contributed by atoms with Crippen LogP contribution in [0.4, 0.5) is 13.2 Å². The molecular weight excluding hydrogens is 375 g/mol. The lowest BCUT2D eigenvalue weighted by Gasteiger charge is -2.13. The summed E-state index contributed by atoms with van der Waals surface area (Å²) in [6, 6.07) is 4.82. The topological polar surface area (TPSA) is 81.9 Å². The van der Waals surface area contributed by atoms with E-state index < -0.39 is 18.3 Å². The van der Waals surface area contributed by atoms with E-state index in [1.807, 2.05) is 6.20 Å². The summed E-state index contributed by atoms with van der Waals surface area (Å²) in [5.74, 6) is -0.0891. The molecule has 0 saturated heterocycles. The molecule has 0 aliphatic heterocycles. The van der Waals surface area contributed by atoms with E-state index in [4.69, 9.17) is 0 Å². The molecular formula is C18H16F3N5O2. The third-order valence-electron chi connectivity index (χ3n) is 4.55. The summed E-state index contributed by atoms with van der Waals surface area (Å²) < 4.78 is 42.9. The van der Waals surface area contributed by atoms with Gasteiger partial charge in [0.05, 0.1) is 23.3 Å². The minimum Gasteiger partial charge on any atom is -0.468 e. The van der Waals surface area contributed by atoms with Gasteiger partial charge in [0.15, 0.2) is 6.61 Å². The molecule has 1 saturated carbocycles. The van der Waals surface area contributed by atoms with Gasteiger partial charge in [0, 0.05) is 30.0 Å². The Bertz CT molecular complexity index is 997. The van der Waals surface area contributed by atoms with Gasteiger partial charge in [0.25, 0.3) is 0 Å². The van der Waals surface area contributed by atoms with E-state index in [1.165, 1.54) is 12.3 Å². The van der Waals surface area contributed by atoms with Crippen LogP contribution in [0, 0.1) is 0 Å². The van der Waals surface area contributed by atoms with Crippen LogP contribution in [0.15, 0.2) is 36.8 Å². The molecule has 0 bridgehead atoms. The van der Waals surface area contributed by atoms with Crippen molar-refractivity contribution in [1.29, 1.82) is 0 Å². The lowest BCUT2D eigenvalue weighted by molar-refractivity contribution is -0.154. The van der Waals surface area contributed by atoms with E-state index in [9.17, 15) is 18.0 Å². The molecule has 10 heteroatoms. The second kappa shape index (κ2) is 6.77. The van der Waals surface area contributed by atoms with E-state index >= 15 is 0 Å². The molecule has 0 spiro atoms. The summed E-state index contributed by atoms with van der Waals surface area (Å²) in [6.07, 6.45) is 2.89. The van der Waals surface area contributed by atoms with E-state index in [1.54, 1.807) is 23.0 Å². The zero-order valence-electron chi connectivity index (χ0n) is 14.6. The summed E-state index contributed by atoms with van der Waals surface area (Å²) in [5, 5.41) is 8.21. The third-order valence-corrected chi connectivity index (χ3v) is 4.55. The molecule has 4 rings (SSSR count). The maximum Gasteiger partial charge on any atom is 0.422 e. The number of pyridine rings is 2. The van der Waals surface area contributed by atoms with Crippen LogP contribution in [-0.4, -0.2) is 38.9 Å². The number of aromatic nitrogens is 4. The monoisotopic (exact) mass is 391 g/mol. The number of halogens is 3. The molecule has 0 radical (unpaired) electrons. The Morgan fingerprint density at radius 3 is 2.71 bits per heavy atom. The summed E-state index contributed by atoms with van der Waals surface area (Å²) in [7, 11) is 0. The first kappa shape index (κ1) is 18.2. The Balaban J connectivity index is 1.52. The van der Waals surface area contributed by atoms with Gasteiger partial charge in [-0.05, 0) is 24.5 Å². The predicted octanol–water partition coefficient (Wildman–Crippen LogP) is 2.55. The molecule has 0 atom stereocenters. The van der Waals surface area contributed by atoms with Gasteiger partial charge in [-0.1, -0.05) is 6.07 Å². The lowest BCUT2D eigenvalue weighted by Crippen LogP contribution is -2.28. The van der Waals surface area contributed by atoms with Gasteiger partial charge in [-0.25, -0.2) is 4.98 Å². The van der Waals surface area contributed by atoms with Crippen molar-refractivity contribution in [3.8, 4) is 5.88 Å². The highest BCUT2D eigenvalue weighted by atomic mass is 19.4. The molecule has 7 nitrogen and oxygen atoms in total. The molecule has 1 N–H and O–H groups in total. The van der Waals surface area contributed by atoms with Gasteiger partial charge in [-0.2, -0.15) is 18.3 Å². The second-order valence-electron chi connectivity index (χ2n) is 6.67. The minimum atomic E-state index is -4.40. The second-order valence-corrected chi connectivity index (χ2v) is 6.67. The zero-order chi connectivity index (χ0) is 19.8.